The van der Waals surface area contributed by atoms with E-state index < -0.39 is 6.10 Å². The summed E-state index contributed by atoms with van der Waals surface area (Å²) in [4.78, 5) is 0. The van der Waals surface area contributed by atoms with Crippen molar-refractivity contribution in [3.05, 3.63) is 29.3 Å². The second-order valence-corrected chi connectivity index (χ2v) is 7.65. The fraction of sp³-hybridized carbons (Fsp3) is 0.700. The normalized spacial score (nSPS) is 36.3. The molecule has 1 saturated carbocycles. The average molecular weight is 346 g/mol. The molecule has 5 rings (SSSR count). The number of ether oxygens (including phenoxy) is 4. The van der Waals surface area contributed by atoms with E-state index in [1.54, 1.807) is 0 Å². The van der Waals surface area contributed by atoms with Crippen LogP contribution in [0.25, 0.3) is 0 Å². The zero-order valence-corrected chi connectivity index (χ0v) is 14.4. The van der Waals surface area contributed by atoms with Crippen LogP contribution in [-0.2, 0) is 14.2 Å². The van der Waals surface area contributed by atoms with Crippen molar-refractivity contribution >= 4 is 0 Å². The summed E-state index contributed by atoms with van der Waals surface area (Å²) in [5, 5.41) is 10.7. The van der Waals surface area contributed by atoms with Crippen molar-refractivity contribution in [1.82, 2.24) is 0 Å². The predicted octanol–water partition coefficient (Wildman–Crippen LogP) is 3.06. The molecule has 4 unspecified atom stereocenters. The quantitative estimate of drug-likeness (QED) is 0.634. The van der Waals surface area contributed by atoms with Crippen LogP contribution in [0.15, 0.2) is 18.2 Å². The lowest BCUT2D eigenvalue weighted by atomic mass is 9.93. The molecule has 2 saturated heterocycles. The number of para-hydroxylation sites is 1. The molecule has 0 spiro atoms. The van der Waals surface area contributed by atoms with Crippen LogP contribution in [0.3, 0.4) is 0 Å². The van der Waals surface area contributed by atoms with Crippen molar-refractivity contribution in [2.24, 2.45) is 0 Å². The maximum absolute atomic E-state index is 10.7. The first kappa shape index (κ1) is 16.1. The van der Waals surface area contributed by atoms with Gasteiger partial charge >= 0.3 is 0 Å². The standard InChI is InChI=1S/C20H26O5/c21-14(7-4-10-23-17-8-1-2-9-22-17)12-5-3-6-13-18-15(24-19(12)13)11-16-20(18)25-16/h3,5-6,14-18,20-21H,1-2,4,7-11H2/t14?,15?,16-,17?,18?,20-/m1/s1. The minimum Gasteiger partial charge on any atom is -0.489 e. The molecule has 0 amide bonds. The van der Waals surface area contributed by atoms with Gasteiger partial charge in [-0.3, -0.25) is 0 Å². The van der Waals surface area contributed by atoms with Gasteiger partial charge in [0.1, 0.15) is 11.9 Å². The molecule has 0 aromatic heterocycles. The van der Waals surface area contributed by atoms with Gasteiger partial charge in [0, 0.05) is 30.8 Å². The molecule has 4 aliphatic rings. The van der Waals surface area contributed by atoms with Crippen LogP contribution >= 0.6 is 0 Å². The van der Waals surface area contributed by atoms with Crippen molar-refractivity contribution in [2.75, 3.05) is 13.2 Å². The van der Waals surface area contributed by atoms with E-state index in [0.717, 1.165) is 43.6 Å². The van der Waals surface area contributed by atoms with E-state index in [2.05, 4.69) is 6.07 Å². The molecule has 3 aliphatic heterocycles. The lowest BCUT2D eigenvalue weighted by Crippen LogP contribution is -2.22. The highest BCUT2D eigenvalue weighted by Gasteiger charge is 2.60. The van der Waals surface area contributed by atoms with Gasteiger partial charge < -0.3 is 24.1 Å². The molecule has 3 heterocycles. The number of fused-ring (bicyclic) bond motifs is 5. The van der Waals surface area contributed by atoms with Crippen molar-refractivity contribution in [2.45, 2.75) is 75.1 Å². The highest BCUT2D eigenvalue weighted by atomic mass is 16.7. The monoisotopic (exact) mass is 346 g/mol. The van der Waals surface area contributed by atoms with Crippen molar-refractivity contribution in [3.63, 3.8) is 0 Å². The van der Waals surface area contributed by atoms with Crippen LogP contribution in [-0.4, -0.2) is 42.9 Å². The summed E-state index contributed by atoms with van der Waals surface area (Å²) < 4.78 is 23.2. The maximum atomic E-state index is 10.7. The zero-order chi connectivity index (χ0) is 16.8. The number of hydrogen-bond acceptors (Lipinski definition) is 5. The van der Waals surface area contributed by atoms with Crippen molar-refractivity contribution < 1.29 is 24.1 Å². The van der Waals surface area contributed by atoms with E-state index in [0.29, 0.717) is 31.2 Å². The van der Waals surface area contributed by atoms with Gasteiger partial charge in [-0.25, -0.2) is 0 Å². The van der Waals surface area contributed by atoms with Gasteiger partial charge in [-0.15, -0.1) is 0 Å². The molecule has 1 aromatic rings. The number of aliphatic hydroxyl groups excluding tert-OH is 1. The van der Waals surface area contributed by atoms with Gasteiger partial charge in [0.05, 0.1) is 24.2 Å². The lowest BCUT2D eigenvalue weighted by Gasteiger charge is -2.23. The van der Waals surface area contributed by atoms with E-state index in [9.17, 15) is 5.11 Å². The highest BCUT2D eigenvalue weighted by molar-refractivity contribution is 5.50. The first-order chi connectivity index (χ1) is 12.3. The fourth-order valence-corrected chi connectivity index (χ4v) is 4.62. The Hall–Kier alpha value is -1.14. The molecule has 0 bridgehead atoms. The van der Waals surface area contributed by atoms with E-state index >= 15 is 0 Å². The summed E-state index contributed by atoms with van der Waals surface area (Å²) in [7, 11) is 0. The Morgan fingerprint density at radius 3 is 3.08 bits per heavy atom. The van der Waals surface area contributed by atoms with Gasteiger partial charge in [-0.05, 0) is 32.1 Å². The third-order valence-corrected chi connectivity index (χ3v) is 5.97. The number of benzene rings is 1. The Labute approximate surface area is 148 Å². The number of aliphatic hydroxyl groups is 1. The number of rotatable bonds is 6. The molecular weight excluding hydrogens is 320 g/mol. The second kappa shape index (κ2) is 6.54. The molecule has 136 valence electrons. The molecule has 1 N–H and O–H groups in total. The maximum Gasteiger partial charge on any atom is 0.157 e. The van der Waals surface area contributed by atoms with Crippen LogP contribution < -0.4 is 4.74 Å². The molecule has 1 aromatic carbocycles. The van der Waals surface area contributed by atoms with Gasteiger partial charge in [0.2, 0.25) is 0 Å². The lowest BCUT2D eigenvalue weighted by molar-refractivity contribution is -0.163. The molecule has 25 heavy (non-hydrogen) atoms. The Morgan fingerprint density at radius 1 is 1.24 bits per heavy atom. The third kappa shape index (κ3) is 2.97. The Morgan fingerprint density at radius 2 is 2.20 bits per heavy atom. The van der Waals surface area contributed by atoms with Crippen LogP contribution in [0.2, 0.25) is 0 Å². The number of hydrogen-bond donors (Lipinski definition) is 1. The number of epoxide rings is 1. The van der Waals surface area contributed by atoms with Crippen LogP contribution in [0.4, 0.5) is 0 Å². The van der Waals surface area contributed by atoms with E-state index in [1.165, 1.54) is 12.0 Å². The summed E-state index contributed by atoms with van der Waals surface area (Å²) in [6, 6.07) is 6.15. The van der Waals surface area contributed by atoms with Crippen molar-refractivity contribution in [1.29, 1.82) is 0 Å². The van der Waals surface area contributed by atoms with Crippen LogP contribution in [0, 0.1) is 0 Å². The summed E-state index contributed by atoms with van der Waals surface area (Å²) in [6.45, 7) is 1.43. The summed E-state index contributed by atoms with van der Waals surface area (Å²) in [5.41, 5.74) is 2.14. The van der Waals surface area contributed by atoms with E-state index in [-0.39, 0.29) is 12.4 Å². The molecule has 1 aliphatic carbocycles. The molecule has 3 fully saturated rings. The van der Waals surface area contributed by atoms with Crippen LogP contribution in [0.5, 0.6) is 5.75 Å². The zero-order valence-electron chi connectivity index (χ0n) is 14.4. The van der Waals surface area contributed by atoms with Gasteiger partial charge in [0.15, 0.2) is 6.29 Å². The molecule has 0 radical (unpaired) electrons. The van der Waals surface area contributed by atoms with Crippen LogP contribution in [0.1, 0.15) is 61.7 Å². The van der Waals surface area contributed by atoms with E-state index in [1.807, 2.05) is 12.1 Å². The third-order valence-electron chi connectivity index (χ3n) is 5.97. The predicted molar refractivity (Wildman–Crippen MR) is 90.6 cm³/mol. The Kier molecular flexibility index (Phi) is 4.20. The smallest absolute Gasteiger partial charge is 0.157 e. The first-order valence-electron chi connectivity index (χ1n) is 9.67. The summed E-state index contributed by atoms with van der Waals surface area (Å²) in [5.74, 6) is 1.26. The minimum absolute atomic E-state index is 0.0546. The van der Waals surface area contributed by atoms with Crippen molar-refractivity contribution in [3.8, 4) is 5.75 Å². The minimum atomic E-state index is -0.513. The average Bonchev–Trinajstić information content (AvgIpc) is 3.15. The van der Waals surface area contributed by atoms with Gasteiger partial charge in [-0.2, -0.15) is 0 Å². The van der Waals surface area contributed by atoms with Gasteiger partial charge in [-0.1, -0.05) is 18.2 Å². The molecule has 5 nitrogen and oxygen atoms in total. The summed E-state index contributed by atoms with van der Waals surface area (Å²) >= 11 is 0. The fourth-order valence-electron chi connectivity index (χ4n) is 4.62. The Balaban J connectivity index is 1.18. The SMILES string of the molecule is OC(CCCOC1CCCCO1)c1cccc2c1OC1C[C@H]3O[C@H]3C21. The molecule has 6 atom stereocenters. The largest absolute Gasteiger partial charge is 0.489 e. The summed E-state index contributed by atoms with van der Waals surface area (Å²) in [6.07, 6.45) is 6.15. The first-order valence-corrected chi connectivity index (χ1v) is 9.67. The molecular formula is C20H26O5. The topological polar surface area (TPSA) is 60.5 Å². The molecule has 5 heteroatoms. The Bertz CT molecular complexity index is 627. The van der Waals surface area contributed by atoms with E-state index in [4.69, 9.17) is 18.9 Å². The highest BCUT2D eigenvalue weighted by Crippen LogP contribution is 2.56. The second-order valence-electron chi connectivity index (χ2n) is 7.65. The van der Waals surface area contributed by atoms with Gasteiger partial charge in [0.25, 0.3) is 0 Å².